The average Bonchev–Trinajstić information content (AvgIpc) is 2.49. The first-order valence-electron chi connectivity index (χ1n) is 7.52. The third kappa shape index (κ3) is 3.79. The number of methoxy groups -OCH3 is 1. The third-order valence-electron chi connectivity index (χ3n) is 3.98. The van der Waals surface area contributed by atoms with Crippen LogP contribution in [0.15, 0.2) is 18.3 Å². The van der Waals surface area contributed by atoms with E-state index < -0.39 is 0 Å². The summed E-state index contributed by atoms with van der Waals surface area (Å²) >= 11 is 0. The van der Waals surface area contributed by atoms with Crippen LogP contribution in [0, 0.1) is 0 Å². The Morgan fingerprint density at radius 3 is 2.95 bits per heavy atom. The molecule has 1 aliphatic rings. The summed E-state index contributed by atoms with van der Waals surface area (Å²) in [6, 6.07) is 4.42. The second-order valence-electron chi connectivity index (χ2n) is 5.44. The van der Waals surface area contributed by atoms with Gasteiger partial charge in [-0.1, -0.05) is 19.8 Å². The highest BCUT2D eigenvalue weighted by molar-refractivity contribution is 5.88. The van der Waals surface area contributed by atoms with Gasteiger partial charge in [-0.15, -0.1) is 0 Å². The Morgan fingerprint density at radius 2 is 2.30 bits per heavy atom. The molecule has 0 amide bonds. The maximum absolute atomic E-state index is 11.4. The number of piperidine rings is 1. The van der Waals surface area contributed by atoms with Gasteiger partial charge in [-0.2, -0.15) is 0 Å². The monoisotopic (exact) mass is 276 g/mol. The van der Waals surface area contributed by atoms with Crippen LogP contribution >= 0.6 is 0 Å². The number of hydrogen-bond donors (Lipinski definition) is 0. The van der Waals surface area contributed by atoms with Crippen LogP contribution in [0.5, 0.6) is 0 Å². The predicted octanol–water partition coefficient (Wildman–Crippen LogP) is 3.02. The highest BCUT2D eigenvalue weighted by Crippen LogP contribution is 2.22. The lowest BCUT2D eigenvalue weighted by Crippen LogP contribution is -2.39. The predicted molar refractivity (Wildman–Crippen MR) is 78.5 cm³/mol. The number of ether oxygens (including phenoxy) is 1. The van der Waals surface area contributed by atoms with Crippen molar-refractivity contribution in [2.45, 2.75) is 51.6 Å². The van der Waals surface area contributed by atoms with E-state index in [2.05, 4.69) is 21.5 Å². The molecule has 1 unspecified atom stereocenters. The van der Waals surface area contributed by atoms with Gasteiger partial charge in [0.25, 0.3) is 0 Å². The van der Waals surface area contributed by atoms with Crippen LogP contribution in [-0.4, -0.2) is 35.5 Å². The van der Waals surface area contributed by atoms with Crippen molar-refractivity contribution in [3.8, 4) is 0 Å². The first-order valence-corrected chi connectivity index (χ1v) is 7.52. The van der Waals surface area contributed by atoms with Crippen LogP contribution in [0.1, 0.15) is 55.1 Å². The molecule has 0 aromatic carbocycles. The minimum atomic E-state index is -0.328. The molecule has 2 rings (SSSR count). The van der Waals surface area contributed by atoms with Crippen LogP contribution in [-0.2, 0) is 11.3 Å². The zero-order valence-electron chi connectivity index (χ0n) is 12.5. The quantitative estimate of drug-likeness (QED) is 0.775. The van der Waals surface area contributed by atoms with Gasteiger partial charge >= 0.3 is 5.97 Å². The zero-order valence-corrected chi connectivity index (χ0v) is 12.5. The fraction of sp³-hybridized carbons (Fsp3) is 0.625. The van der Waals surface area contributed by atoms with Crippen molar-refractivity contribution in [1.29, 1.82) is 0 Å². The molecular formula is C16H24N2O2. The Kier molecular flexibility index (Phi) is 5.53. The molecule has 4 heteroatoms. The van der Waals surface area contributed by atoms with Crippen LogP contribution < -0.4 is 0 Å². The van der Waals surface area contributed by atoms with E-state index in [4.69, 9.17) is 0 Å². The first-order chi connectivity index (χ1) is 9.74. The van der Waals surface area contributed by atoms with Gasteiger partial charge in [-0.3, -0.25) is 9.88 Å². The lowest BCUT2D eigenvalue weighted by Gasteiger charge is -2.35. The standard InChI is InChI=1S/C16H24N2O2/c1-3-6-15-7-4-5-10-18(15)12-14-9-8-13(11-17-14)16(19)20-2/h8-9,11,15H,3-7,10,12H2,1-2H3. The Morgan fingerprint density at radius 1 is 1.45 bits per heavy atom. The smallest absolute Gasteiger partial charge is 0.339 e. The van der Waals surface area contributed by atoms with E-state index in [0.717, 1.165) is 18.8 Å². The summed E-state index contributed by atoms with van der Waals surface area (Å²) < 4.78 is 4.69. The van der Waals surface area contributed by atoms with E-state index in [9.17, 15) is 4.79 Å². The molecule has 1 fully saturated rings. The molecule has 4 nitrogen and oxygen atoms in total. The topological polar surface area (TPSA) is 42.4 Å². The van der Waals surface area contributed by atoms with Crippen molar-refractivity contribution in [1.82, 2.24) is 9.88 Å². The number of hydrogen-bond acceptors (Lipinski definition) is 4. The number of carbonyl (C=O) groups is 1. The minimum absolute atomic E-state index is 0.328. The van der Waals surface area contributed by atoms with Gasteiger partial charge in [0, 0.05) is 18.8 Å². The van der Waals surface area contributed by atoms with Gasteiger partial charge < -0.3 is 4.74 Å². The maximum atomic E-state index is 11.4. The number of esters is 1. The number of pyridine rings is 1. The Labute approximate surface area is 121 Å². The van der Waals surface area contributed by atoms with Crippen molar-refractivity contribution in [2.75, 3.05) is 13.7 Å². The molecule has 1 atom stereocenters. The van der Waals surface area contributed by atoms with Crippen LogP contribution in [0.2, 0.25) is 0 Å². The summed E-state index contributed by atoms with van der Waals surface area (Å²) in [7, 11) is 1.39. The van der Waals surface area contributed by atoms with E-state index in [-0.39, 0.29) is 5.97 Å². The van der Waals surface area contributed by atoms with Crippen LogP contribution in [0.4, 0.5) is 0 Å². The molecule has 1 saturated heterocycles. The van der Waals surface area contributed by atoms with Crippen molar-refractivity contribution < 1.29 is 9.53 Å². The highest BCUT2D eigenvalue weighted by Gasteiger charge is 2.21. The summed E-state index contributed by atoms with van der Waals surface area (Å²) in [6.07, 6.45) is 8.03. The zero-order chi connectivity index (χ0) is 14.4. The SMILES string of the molecule is CCCC1CCCCN1Cc1ccc(C(=O)OC)cn1. The second kappa shape index (κ2) is 7.39. The molecule has 0 spiro atoms. The van der Waals surface area contributed by atoms with Crippen LogP contribution in [0.25, 0.3) is 0 Å². The average molecular weight is 276 g/mol. The largest absolute Gasteiger partial charge is 0.465 e. The fourth-order valence-corrected chi connectivity index (χ4v) is 2.89. The van der Waals surface area contributed by atoms with Crippen molar-refractivity contribution in [3.05, 3.63) is 29.6 Å². The molecule has 2 heterocycles. The lowest BCUT2D eigenvalue weighted by molar-refractivity contribution is 0.0600. The Bertz CT molecular complexity index is 429. The minimum Gasteiger partial charge on any atom is -0.465 e. The van der Waals surface area contributed by atoms with Crippen molar-refractivity contribution >= 4 is 5.97 Å². The number of aromatic nitrogens is 1. The summed E-state index contributed by atoms with van der Waals surface area (Å²) in [5.41, 5.74) is 1.54. The van der Waals surface area contributed by atoms with E-state index in [0.29, 0.717) is 11.6 Å². The normalized spacial score (nSPS) is 19.8. The first kappa shape index (κ1) is 15.0. The van der Waals surface area contributed by atoms with Gasteiger partial charge in [0.05, 0.1) is 18.4 Å². The fourth-order valence-electron chi connectivity index (χ4n) is 2.89. The molecule has 0 aliphatic carbocycles. The number of rotatable bonds is 5. The molecule has 0 saturated carbocycles. The number of likely N-dealkylation sites (tertiary alicyclic amines) is 1. The molecule has 1 aromatic heterocycles. The third-order valence-corrected chi connectivity index (χ3v) is 3.98. The molecule has 20 heavy (non-hydrogen) atoms. The van der Waals surface area contributed by atoms with E-state index in [1.54, 1.807) is 12.3 Å². The van der Waals surface area contributed by atoms with Crippen LogP contribution in [0.3, 0.4) is 0 Å². The molecule has 1 aliphatic heterocycles. The van der Waals surface area contributed by atoms with Gasteiger partial charge in [0.1, 0.15) is 0 Å². The number of carbonyl (C=O) groups excluding carboxylic acids is 1. The van der Waals surface area contributed by atoms with Crippen molar-refractivity contribution in [3.63, 3.8) is 0 Å². The molecule has 0 bridgehead atoms. The molecule has 1 aromatic rings. The van der Waals surface area contributed by atoms with E-state index in [1.807, 2.05) is 6.07 Å². The summed E-state index contributed by atoms with van der Waals surface area (Å²) in [5, 5.41) is 0. The van der Waals surface area contributed by atoms with Crippen molar-refractivity contribution in [2.24, 2.45) is 0 Å². The number of nitrogens with zero attached hydrogens (tertiary/aromatic N) is 2. The highest BCUT2D eigenvalue weighted by atomic mass is 16.5. The van der Waals surface area contributed by atoms with Gasteiger partial charge in [-0.25, -0.2) is 4.79 Å². The van der Waals surface area contributed by atoms with Gasteiger partial charge in [0.2, 0.25) is 0 Å². The Hall–Kier alpha value is -1.42. The lowest BCUT2D eigenvalue weighted by atomic mass is 9.98. The molecular weight excluding hydrogens is 252 g/mol. The van der Waals surface area contributed by atoms with E-state index >= 15 is 0 Å². The molecule has 0 radical (unpaired) electrons. The van der Waals surface area contributed by atoms with Gasteiger partial charge in [0.15, 0.2) is 0 Å². The van der Waals surface area contributed by atoms with E-state index in [1.165, 1.54) is 39.2 Å². The molecule has 110 valence electrons. The maximum Gasteiger partial charge on any atom is 0.339 e. The Balaban J connectivity index is 1.99. The summed E-state index contributed by atoms with van der Waals surface area (Å²) in [5.74, 6) is -0.328. The van der Waals surface area contributed by atoms with Gasteiger partial charge in [-0.05, 0) is 37.9 Å². The summed E-state index contributed by atoms with van der Waals surface area (Å²) in [6.45, 7) is 4.29. The summed E-state index contributed by atoms with van der Waals surface area (Å²) in [4.78, 5) is 18.3. The molecule has 0 N–H and O–H groups in total. The second-order valence-corrected chi connectivity index (χ2v) is 5.44.